The molecule has 182 valence electrons. The Labute approximate surface area is 191 Å². The first kappa shape index (κ1) is 26.5. The maximum Gasteiger partial charge on any atom is 0.319 e. The van der Waals surface area contributed by atoms with Gasteiger partial charge in [0.2, 0.25) is 10.0 Å². The van der Waals surface area contributed by atoms with Crippen LogP contribution in [-0.4, -0.2) is 46.4 Å². The molecule has 2 N–H and O–H groups in total. The molecule has 1 unspecified atom stereocenters. The topological polar surface area (TPSA) is 93.7 Å². The second kappa shape index (κ2) is 13.1. The average molecular weight is 473 g/mol. The molecular formula is C23H37FN2O5S. The zero-order valence-corrected chi connectivity index (χ0v) is 20.2. The fourth-order valence-electron chi connectivity index (χ4n) is 3.28. The van der Waals surface area contributed by atoms with E-state index in [9.17, 15) is 17.6 Å². The Kier molecular flexibility index (Phi) is 10.9. The summed E-state index contributed by atoms with van der Waals surface area (Å²) in [6, 6.07) is 4.10. The van der Waals surface area contributed by atoms with E-state index in [1.165, 1.54) is 6.07 Å². The van der Waals surface area contributed by atoms with Gasteiger partial charge in [-0.05, 0) is 68.7 Å². The lowest BCUT2D eigenvalue weighted by Crippen LogP contribution is -2.33. The number of esters is 1. The van der Waals surface area contributed by atoms with Crippen LogP contribution in [0.2, 0.25) is 0 Å². The summed E-state index contributed by atoms with van der Waals surface area (Å²) in [6.07, 6.45) is 4.22. The van der Waals surface area contributed by atoms with Crippen LogP contribution in [0.15, 0.2) is 18.2 Å². The van der Waals surface area contributed by atoms with E-state index in [2.05, 4.69) is 10.0 Å². The summed E-state index contributed by atoms with van der Waals surface area (Å²) in [4.78, 5) is 11.2. The molecular weight excluding hydrogens is 435 g/mol. The summed E-state index contributed by atoms with van der Waals surface area (Å²) in [7, 11) is -3.51. The fourth-order valence-corrected chi connectivity index (χ4v) is 4.78. The SMILES string of the molecule is CCOC(=O)CNCCCCCS(=O)(=O)NC(c1ccc(F)c(OCC2CC2)c1)C(C)C. The van der Waals surface area contributed by atoms with E-state index < -0.39 is 21.9 Å². The van der Waals surface area contributed by atoms with Gasteiger partial charge in [0.15, 0.2) is 11.6 Å². The van der Waals surface area contributed by atoms with E-state index in [0.717, 1.165) is 25.7 Å². The van der Waals surface area contributed by atoms with E-state index in [1.807, 2.05) is 13.8 Å². The molecule has 0 aliphatic heterocycles. The summed E-state index contributed by atoms with van der Waals surface area (Å²) in [5.41, 5.74) is 0.693. The second-order valence-electron chi connectivity index (χ2n) is 8.65. The highest BCUT2D eigenvalue weighted by atomic mass is 32.2. The number of carbonyl (C=O) groups excluding carboxylic acids is 1. The predicted molar refractivity (Wildman–Crippen MR) is 122 cm³/mol. The van der Waals surface area contributed by atoms with Crippen LogP contribution in [0.25, 0.3) is 0 Å². The lowest BCUT2D eigenvalue weighted by molar-refractivity contribution is -0.141. The van der Waals surface area contributed by atoms with E-state index in [4.69, 9.17) is 9.47 Å². The Morgan fingerprint density at radius 1 is 1.22 bits per heavy atom. The molecule has 0 saturated heterocycles. The van der Waals surface area contributed by atoms with Gasteiger partial charge in [-0.15, -0.1) is 0 Å². The van der Waals surface area contributed by atoms with Gasteiger partial charge in [-0.3, -0.25) is 4.79 Å². The van der Waals surface area contributed by atoms with Gasteiger partial charge in [-0.25, -0.2) is 17.5 Å². The van der Waals surface area contributed by atoms with Gasteiger partial charge in [0.1, 0.15) is 0 Å². The molecule has 9 heteroatoms. The number of hydrogen-bond donors (Lipinski definition) is 2. The van der Waals surface area contributed by atoms with Gasteiger partial charge in [-0.1, -0.05) is 26.3 Å². The van der Waals surface area contributed by atoms with Gasteiger partial charge in [-0.2, -0.15) is 0 Å². The van der Waals surface area contributed by atoms with Gasteiger partial charge < -0.3 is 14.8 Å². The molecule has 0 bridgehead atoms. The van der Waals surface area contributed by atoms with Crippen molar-refractivity contribution >= 4 is 16.0 Å². The van der Waals surface area contributed by atoms with Crippen molar-refractivity contribution in [1.29, 1.82) is 0 Å². The van der Waals surface area contributed by atoms with Crippen LogP contribution in [-0.2, 0) is 19.6 Å². The molecule has 1 aliphatic rings. The Bertz CT molecular complexity index is 828. The molecule has 1 aromatic rings. The summed E-state index contributed by atoms with van der Waals surface area (Å²) >= 11 is 0. The molecule has 0 aromatic heterocycles. The molecule has 1 fully saturated rings. The Morgan fingerprint density at radius 2 is 1.97 bits per heavy atom. The number of carbonyl (C=O) groups is 1. The monoisotopic (exact) mass is 472 g/mol. The molecule has 1 aromatic carbocycles. The molecule has 0 heterocycles. The number of halogens is 1. The van der Waals surface area contributed by atoms with Crippen molar-refractivity contribution in [2.24, 2.45) is 11.8 Å². The first-order valence-corrected chi connectivity index (χ1v) is 13.2. The molecule has 1 saturated carbocycles. The Morgan fingerprint density at radius 3 is 2.62 bits per heavy atom. The minimum Gasteiger partial charge on any atom is -0.490 e. The minimum atomic E-state index is -3.51. The third-order valence-electron chi connectivity index (χ3n) is 5.30. The first-order valence-electron chi connectivity index (χ1n) is 11.5. The lowest BCUT2D eigenvalue weighted by Gasteiger charge is -2.23. The van der Waals surface area contributed by atoms with E-state index in [-0.39, 0.29) is 29.9 Å². The highest BCUT2D eigenvalue weighted by Gasteiger charge is 2.25. The summed E-state index contributed by atoms with van der Waals surface area (Å²) in [6.45, 7) is 7.25. The van der Waals surface area contributed by atoms with Crippen molar-refractivity contribution in [3.8, 4) is 5.75 Å². The van der Waals surface area contributed by atoms with Gasteiger partial charge in [0.05, 0.1) is 25.5 Å². The van der Waals surface area contributed by atoms with Crippen LogP contribution in [0.3, 0.4) is 0 Å². The molecule has 0 amide bonds. The zero-order chi connectivity index (χ0) is 23.6. The smallest absolute Gasteiger partial charge is 0.319 e. The normalized spacial score (nSPS) is 15.0. The number of nitrogens with one attached hydrogen (secondary N) is 2. The first-order chi connectivity index (χ1) is 15.2. The summed E-state index contributed by atoms with van der Waals surface area (Å²) in [5.74, 6) is -0.0523. The number of rotatable bonds is 16. The van der Waals surface area contributed by atoms with Gasteiger partial charge >= 0.3 is 5.97 Å². The average Bonchev–Trinajstić information content (AvgIpc) is 3.55. The Hall–Kier alpha value is -1.71. The number of hydrogen-bond acceptors (Lipinski definition) is 6. The molecule has 1 aliphatic carbocycles. The standard InChI is InChI=1S/C23H37FN2O5S/c1-4-30-22(27)15-25-12-6-5-7-13-32(28,29)26-23(17(2)3)19-10-11-20(24)21(14-19)31-16-18-8-9-18/h10-11,14,17-18,23,25-26H,4-9,12-13,15-16H2,1-3H3. The number of benzene rings is 1. The maximum atomic E-state index is 14.1. The van der Waals surface area contributed by atoms with Crippen LogP contribution in [0.4, 0.5) is 4.39 Å². The van der Waals surface area contributed by atoms with Crippen LogP contribution >= 0.6 is 0 Å². The number of unbranched alkanes of at least 4 members (excludes halogenated alkanes) is 2. The molecule has 2 rings (SSSR count). The minimum absolute atomic E-state index is 0.0142. The van der Waals surface area contributed by atoms with Crippen molar-refractivity contribution in [3.05, 3.63) is 29.6 Å². The van der Waals surface area contributed by atoms with Crippen LogP contribution in [0.5, 0.6) is 5.75 Å². The number of sulfonamides is 1. The Balaban J connectivity index is 1.82. The van der Waals surface area contributed by atoms with E-state index >= 15 is 0 Å². The highest BCUT2D eigenvalue weighted by molar-refractivity contribution is 7.89. The second-order valence-corrected chi connectivity index (χ2v) is 10.5. The van der Waals surface area contributed by atoms with Crippen LogP contribution in [0.1, 0.15) is 64.5 Å². The van der Waals surface area contributed by atoms with Crippen molar-refractivity contribution in [2.45, 2.75) is 58.9 Å². The maximum absolute atomic E-state index is 14.1. The van der Waals surface area contributed by atoms with E-state index in [1.54, 1.807) is 19.1 Å². The summed E-state index contributed by atoms with van der Waals surface area (Å²) in [5, 5.41) is 2.99. The number of ether oxygens (including phenoxy) is 2. The lowest BCUT2D eigenvalue weighted by atomic mass is 9.97. The molecule has 0 radical (unpaired) electrons. The van der Waals surface area contributed by atoms with Crippen molar-refractivity contribution in [3.63, 3.8) is 0 Å². The largest absolute Gasteiger partial charge is 0.490 e. The molecule has 7 nitrogen and oxygen atoms in total. The van der Waals surface area contributed by atoms with Crippen LogP contribution in [0, 0.1) is 17.7 Å². The van der Waals surface area contributed by atoms with Gasteiger partial charge in [0.25, 0.3) is 0 Å². The van der Waals surface area contributed by atoms with Crippen molar-refractivity contribution < 1.29 is 27.1 Å². The molecule has 1 atom stereocenters. The molecule has 0 spiro atoms. The third kappa shape index (κ3) is 9.83. The fraction of sp³-hybridized carbons (Fsp3) is 0.696. The van der Waals surface area contributed by atoms with Crippen molar-refractivity contribution in [2.75, 3.05) is 32.1 Å². The van der Waals surface area contributed by atoms with Crippen molar-refractivity contribution in [1.82, 2.24) is 10.0 Å². The quantitative estimate of drug-likeness (QED) is 0.282. The third-order valence-corrected chi connectivity index (χ3v) is 6.74. The van der Waals surface area contributed by atoms with E-state index in [0.29, 0.717) is 37.7 Å². The summed E-state index contributed by atoms with van der Waals surface area (Å²) < 4.78 is 52.7. The molecule has 32 heavy (non-hydrogen) atoms. The van der Waals surface area contributed by atoms with Gasteiger partial charge in [0, 0.05) is 6.04 Å². The zero-order valence-electron chi connectivity index (χ0n) is 19.4. The van der Waals surface area contributed by atoms with Crippen LogP contribution < -0.4 is 14.8 Å². The predicted octanol–water partition coefficient (Wildman–Crippen LogP) is 3.55. The highest BCUT2D eigenvalue weighted by Crippen LogP contribution is 2.32.